The largest absolute Gasteiger partial charge is 0.370 e. The number of unbranched alkanes of at least 4 members (excludes halogenated alkanes) is 1. The van der Waals surface area contributed by atoms with Crippen LogP contribution in [0.25, 0.3) is 0 Å². The van der Waals surface area contributed by atoms with E-state index in [4.69, 9.17) is 0 Å². The molecule has 0 atom stereocenters. The molecule has 1 N–H and O–H groups in total. The third-order valence-electron chi connectivity index (χ3n) is 2.63. The Kier molecular flexibility index (Phi) is 4.05. The third-order valence-corrected chi connectivity index (χ3v) is 2.63. The quantitative estimate of drug-likeness (QED) is 0.762. The number of aromatic nitrogens is 1. The summed E-state index contributed by atoms with van der Waals surface area (Å²) < 4.78 is 0. The fourth-order valence-electron chi connectivity index (χ4n) is 1.84. The van der Waals surface area contributed by atoms with Gasteiger partial charge in [-0.05, 0) is 33.3 Å². The molecule has 0 bridgehead atoms. The summed E-state index contributed by atoms with van der Waals surface area (Å²) >= 11 is 0. The number of nitrogens with zero attached hydrogens (tertiary/aromatic N) is 1. The number of aromatic amines is 1. The monoisotopic (exact) mass is 194 g/mol. The molecule has 80 valence electrons. The maximum atomic E-state index is 3.36. The first-order valence-corrected chi connectivity index (χ1v) is 5.60. The predicted octanol–water partition coefficient (Wildman–Crippen LogP) is 3.26. The van der Waals surface area contributed by atoms with E-state index < -0.39 is 0 Å². The van der Waals surface area contributed by atoms with Gasteiger partial charge in [-0.1, -0.05) is 13.3 Å². The lowest BCUT2D eigenvalue weighted by molar-refractivity contribution is 0.731. The number of anilines is 1. The van der Waals surface area contributed by atoms with E-state index in [9.17, 15) is 0 Å². The van der Waals surface area contributed by atoms with Gasteiger partial charge in [0.2, 0.25) is 0 Å². The molecule has 1 aromatic heterocycles. The predicted molar refractivity (Wildman–Crippen MR) is 63.1 cm³/mol. The van der Waals surface area contributed by atoms with Crippen LogP contribution < -0.4 is 4.90 Å². The van der Waals surface area contributed by atoms with Crippen LogP contribution in [0.5, 0.6) is 0 Å². The third kappa shape index (κ3) is 2.53. The number of hydrogen-bond donors (Lipinski definition) is 1. The standard InChI is InChI=1S/C12H22N2/c1-5-7-8-14(6-2)12-9-10(3)13-11(12)4/h9,13H,5-8H2,1-4H3. The number of hydrogen-bond acceptors (Lipinski definition) is 1. The minimum atomic E-state index is 1.10. The van der Waals surface area contributed by atoms with Gasteiger partial charge >= 0.3 is 0 Å². The van der Waals surface area contributed by atoms with Gasteiger partial charge in [-0.25, -0.2) is 0 Å². The molecule has 0 saturated heterocycles. The van der Waals surface area contributed by atoms with E-state index in [0.717, 1.165) is 6.54 Å². The average molecular weight is 194 g/mol. The van der Waals surface area contributed by atoms with Gasteiger partial charge in [0.25, 0.3) is 0 Å². The molecule has 0 aromatic carbocycles. The van der Waals surface area contributed by atoms with Crippen LogP contribution in [0.15, 0.2) is 6.07 Å². The number of aryl methyl sites for hydroxylation is 2. The van der Waals surface area contributed by atoms with Crippen molar-refractivity contribution >= 4 is 5.69 Å². The first kappa shape index (κ1) is 11.2. The van der Waals surface area contributed by atoms with Crippen molar-refractivity contribution in [2.75, 3.05) is 18.0 Å². The summed E-state index contributed by atoms with van der Waals surface area (Å²) in [6, 6.07) is 2.24. The first-order valence-electron chi connectivity index (χ1n) is 5.60. The highest BCUT2D eigenvalue weighted by atomic mass is 15.1. The lowest BCUT2D eigenvalue weighted by Crippen LogP contribution is -2.23. The zero-order chi connectivity index (χ0) is 10.6. The van der Waals surface area contributed by atoms with Gasteiger partial charge in [0.05, 0.1) is 5.69 Å². The number of H-pyrrole nitrogens is 1. The molecule has 14 heavy (non-hydrogen) atoms. The van der Waals surface area contributed by atoms with Crippen molar-refractivity contribution in [3.8, 4) is 0 Å². The van der Waals surface area contributed by atoms with E-state index in [1.807, 2.05) is 0 Å². The van der Waals surface area contributed by atoms with Crippen molar-refractivity contribution < 1.29 is 0 Å². The molecule has 0 unspecified atom stereocenters. The lowest BCUT2D eigenvalue weighted by atomic mass is 10.2. The highest BCUT2D eigenvalue weighted by molar-refractivity contribution is 5.52. The van der Waals surface area contributed by atoms with Gasteiger partial charge in [-0.2, -0.15) is 0 Å². The molecule has 0 spiro atoms. The van der Waals surface area contributed by atoms with Crippen LogP contribution >= 0.6 is 0 Å². The zero-order valence-corrected chi connectivity index (χ0v) is 9.85. The van der Waals surface area contributed by atoms with Crippen LogP contribution in [0.2, 0.25) is 0 Å². The van der Waals surface area contributed by atoms with Crippen LogP contribution in [-0.2, 0) is 0 Å². The summed E-state index contributed by atoms with van der Waals surface area (Å²) in [7, 11) is 0. The minimum Gasteiger partial charge on any atom is -0.370 e. The first-order chi connectivity index (χ1) is 6.69. The molecule has 2 heteroatoms. The Balaban J connectivity index is 2.72. The summed E-state index contributed by atoms with van der Waals surface area (Å²) in [4.78, 5) is 5.80. The lowest BCUT2D eigenvalue weighted by Gasteiger charge is -2.22. The summed E-state index contributed by atoms with van der Waals surface area (Å²) in [6.45, 7) is 11.0. The summed E-state index contributed by atoms with van der Waals surface area (Å²) in [5, 5.41) is 0. The highest BCUT2D eigenvalue weighted by Gasteiger charge is 2.08. The van der Waals surface area contributed by atoms with E-state index in [1.165, 1.54) is 36.5 Å². The molecule has 0 amide bonds. The van der Waals surface area contributed by atoms with Gasteiger partial charge in [-0.15, -0.1) is 0 Å². The molecule has 1 aromatic rings. The van der Waals surface area contributed by atoms with Gasteiger partial charge in [0.1, 0.15) is 0 Å². The second-order valence-corrected chi connectivity index (χ2v) is 3.90. The Morgan fingerprint density at radius 1 is 1.29 bits per heavy atom. The van der Waals surface area contributed by atoms with Crippen molar-refractivity contribution in [2.45, 2.75) is 40.5 Å². The molecular formula is C12H22N2. The molecule has 0 saturated carbocycles. The van der Waals surface area contributed by atoms with Gasteiger partial charge in [0.15, 0.2) is 0 Å². The molecular weight excluding hydrogens is 172 g/mol. The van der Waals surface area contributed by atoms with E-state index in [1.54, 1.807) is 0 Å². The highest BCUT2D eigenvalue weighted by Crippen LogP contribution is 2.21. The minimum absolute atomic E-state index is 1.10. The van der Waals surface area contributed by atoms with Crippen molar-refractivity contribution in [1.82, 2.24) is 4.98 Å². The number of nitrogens with one attached hydrogen (secondary N) is 1. The van der Waals surface area contributed by atoms with Crippen molar-refractivity contribution in [2.24, 2.45) is 0 Å². The fraction of sp³-hybridized carbons (Fsp3) is 0.667. The van der Waals surface area contributed by atoms with Crippen molar-refractivity contribution in [3.05, 3.63) is 17.5 Å². The summed E-state index contributed by atoms with van der Waals surface area (Å²) in [6.07, 6.45) is 2.54. The van der Waals surface area contributed by atoms with Gasteiger partial charge in [-0.3, -0.25) is 0 Å². The fourth-order valence-corrected chi connectivity index (χ4v) is 1.84. The van der Waals surface area contributed by atoms with Gasteiger partial charge in [0, 0.05) is 24.5 Å². The van der Waals surface area contributed by atoms with E-state index in [0.29, 0.717) is 0 Å². The average Bonchev–Trinajstić information content (AvgIpc) is 2.47. The van der Waals surface area contributed by atoms with Crippen LogP contribution in [0.3, 0.4) is 0 Å². The van der Waals surface area contributed by atoms with Crippen LogP contribution in [-0.4, -0.2) is 18.1 Å². The zero-order valence-electron chi connectivity index (χ0n) is 9.85. The smallest absolute Gasteiger partial charge is 0.0576 e. The second-order valence-electron chi connectivity index (χ2n) is 3.90. The van der Waals surface area contributed by atoms with E-state index in [2.05, 4.69) is 43.6 Å². The Hall–Kier alpha value is -0.920. The Morgan fingerprint density at radius 2 is 2.00 bits per heavy atom. The molecule has 0 aliphatic carbocycles. The van der Waals surface area contributed by atoms with E-state index >= 15 is 0 Å². The molecule has 1 rings (SSSR count). The Bertz CT molecular complexity index is 276. The number of rotatable bonds is 5. The van der Waals surface area contributed by atoms with Crippen LogP contribution in [0, 0.1) is 13.8 Å². The van der Waals surface area contributed by atoms with Crippen molar-refractivity contribution in [3.63, 3.8) is 0 Å². The molecule has 0 radical (unpaired) electrons. The second kappa shape index (κ2) is 5.08. The molecule has 1 heterocycles. The molecule has 0 fully saturated rings. The summed E-state index contributed by atoms with van der Waals surface area (Å²) in [5.41, 5.74) is 3.92. The van der Waals surface area contributed by atoms with Gasteiger partial charge < -0.3 is 9.88 Å². The SMILES string of the molecule is CCCCN(CC)c1cc(C)[nH]c1C. The summed E-state index contributed by atoms with van der Waals surface area (Å²) in [5.74, 6) is 0. The van der Waals surface area contributed by atoms with Crippen LogP contribution in [0.4, 0.5) is 5.69 Å². The molecule has 0 aliphatic heterocycles. The van der Waals surface area contributed by atoms with Crippen molar-refractivity contribution in [1.29, 1.82) is 0 Å². The maximum Gasteiger partial charge on any atom is 0.0576 e. The molecule has 0 aliphatic rings. The Morgan fingerprint density at radius 3 is 2.43 bits per heavy atom. The normalized spacial score (nSPS) is 10.6. The maximum absolute atomic E-state index is 3.36. The van der Waals surface area contributed by atoms with E-state index in [-0.39, 0.29) is 0 Å². The molecule has 2 nitrogen and oxygen atoms in total. The Labute approximate surface area is 87.3 Å². The van der Waals surface area contributed by atoms with Crippen LogP contribution in [0.1, 0.15) is 38.1 Å². The topological polar surface area (TPSA) is 19.0 Å².